The molecule has 0 fully saturated rings. The van der Waals surface area contributed by atoms with E-state index in [4.69, 9.17) is 54.3 Å². The van der Waals surface area contributed by atoms with Gasteiger partial charge in [0.1, 0.15) is 0 Å². The largest absolute Gasteiger partial charge is 0.349 e. The second kappa shape index (κ2) is 19.6. The van der Waals surface area contributed by atoms with E-state index < -0.39 is 30.6 Å². The fraction of sp³-hybridized carbons (Fsp3) is 0.333. The third-order valence-electron chi connectivity index (χ3n) is 3.79. The van der Waals surface area contributed by atoms with Crippen molar-refractivity contribution in [3.63, 3.8) is 0 Å². The average molecular weight is 636 g/mol. The van der Waals surface area contributed by atoms with Crippen LogP contribution in [0.5, 0.6) is 0 Å². The molecule has 0 radical (unpaired) electrons. The van der Waals surface area contributed by atoms with Crippen molar-refractivity contribution in [3.05, 3.63) is 101 Å². The summed E-state index contributed by atoms with van der Waals surface area (Å²) in [5.74, 6) is 0. The fourth-order valence-electron chi connectivity index (χ4n) is 2.40. The summed E-state index contributed by atoms with van der Waals surface area (Å²) in [4.78, 5) is 0. The lowest BCUT2D eigenvalue weighted by Gasteiger charge is -2.32. The molecule has 0 unspecified atom stereocenters. The monoisotopic (exact) mass is 636 g/mol. The third-order valence-corrected chi connectivity index (χ3v) is 14.9. The lowest BCUT2D eigenvalue weighted by Crippen LogP contribution is -2.05. The van der Waals surface area contributed by atoms with Crippen LogP contribution in [-0.4, -0.2) is 52.9 Å². The molecule has 0 atom stereocenters. The molecule has 0 spiro atoms. The van der Waals surface area contributed by atoms with Crippen LogP contribution in [0.4, 0.5) is 0 Å². The molecule has 1 aliphatic rings. The molecule has 0 N–H and O–H groups in total. The number of rotatable bonds is 24. The summed E-state index contributed by atoms with van der Waals surface area (Å²) >= 11 is 0. The van der Waals surface area contributed by atoms with Gasteiger partial charge in [0.25, 0.3) is 0 Å². The van der Waals surface area contributed by atoms with E-state index in [2.05, 4.69) is 52.6 Å². The normalized spacial score (nSPS) is 18.0. The molecule has 0 aromatic carbocycles. The summed E-state index contributed by atoms with van der Waals surface area (Å²) in [6.45, 7) is 29.8. The van der Waals surface area contributed by atoms with E-state index >= 15 is 0 Å². The maximum atomic E-state index is 6.12. The molecular formula is C24H40N4O8P4. The van der Waals surface area contributed by atoms with Crippen LogP contribution in [0.25, 0.3) is 0 Å². The summed E-state index contributed by atoms with van der Waals surface area (Å²) in [7, 11) is -15.0. The van der Waals surface area contributed by atoms with E-state index in [-0.39, 0.29) is 52.9 Å². The molecule has 0 aliphatic carbocycles. The molecule has 1 heterocycles. The predicted molar refractivity (Wildman–Crippen MR) is 167 cm³/mol. The molecule has 224 valence electrons. The Bertz CT molecular complexity index is 890. The Kier molecular flexibility index (Phi) is 17.9. The van der Waals surface area contributed by atoms with E-state index in [0.29, 0.717) is 0 Å². The minimum absolute atomic E-state index is 0.00995. The van der Waals surface area contributed by atoms with Crippen LogP contribution in [0.15, 0.2) is 119 Å². The highest BCUT2D eigenvalue weighted by atomic mass is 31.3. The van der Waals surface area contributed by atoms with Crippen LogP contribution in [0.2, 0.25) is 0 Å². The van der Waals surface area contributed by atoms with Gasteiger partial charge >= 0.3 is 30.6 Å². The molecule has 0 saturated heterocycles. The fourth-order valence-corrected chi connectivity index (χ4v) is 14.8. The highest BCUT2D eigenvalue weighted by molar-refractivity contribution is 7.78. The molecule has 1 rings (SSSR count). The quantitative estimate of drug-likeness (QED) is 0.0758. The average Bonchev–Trinajstić information content (AvgIpc) is 2.96. The first-order valence-electron chi connectivity index (χ1n) is 11.9. The second-order valence-electron chi connectivity index (χ2n) is 7.00. The van der Waals surface area contributed by atoms with Gasteiger partial charge in [-0.15, -0.1) is 70.7 Å². The second-order valence-corrected chi connectivity index (χ2v) is 15.8. The molecule has 1 aliphatic heterocycles. The summed E-state index contributed by atoms with van der Waals surface area (Å²) in [6, 6.07) is 0. The molecule has 0 amide bonds. The lowest BCUT2D eigenvalue weighted by atomic mass is 10.7. The summed E-state index contributed by atoms with van der Waals surface area (Å²) in [6.07, 6.45) is 12.1. The Morgan fingerprint density at radius 1 is 0.300 bits per heavy atom. The van der Waals surface area contributed by atoms with E-state index in [1.54, 1.807) is 0 Å². The van der Waals surface area contributed by atoms with E-state index in [0.717, 1.165) is 0 Å². The van der Waals surface area contributed by atoms with Gasteiger partial charge in [-0.05, 0) is 0 Å². The van der Waals surface area contributed by atoms with Crippen molar-refractivity contribution in [2.24, 2.45) is 18.1 Å². The van der Waals surface area contributed by atoms with Crippen LogP contribution >= 0.6 is 30.6 Å². The Morgan fingerprint density at radius 2 is 0.425 bits per heavy atom. The highest BCUT2D eigenvalue weighted by Gasteiger charge is 2.43. The van der Waals surface area contributed by atoms with Gasteiger partial charge in [0.05, 0.1) is 52.9 Å². The third kappa shape index (κ3) is 11.8. The number of nitrogens with zero attached hydrogens (tertiary/aromatic N) is 4. The zero-order valence-electron chi connectivity index (χ0n) is 22.8. The predicted octanol–water partition coefficient (Wildman–Crippen LogP) is 9.41. The van der Waals surface area contributed by atoms with Crippen LogP contribution in [-0.2, 0) is 36.2 Å². The van der Waals surface area contributed by atoms with Gasteiger partial charge in [0, 0.05) is 0 Å². The van der Waals surface area contributed by atoms with E-state index in [1.165, 1.54) is 48.6 Å². The van der Waals surface area contributed by atoms with Crippen molar-refractivity contribution in [1.82, 2.24) is 0 Å². The van der Waals surface area contributed by atoms with Crippen LogP contribution < -0.4 is 0 Å². The standard InChI is InChI=1S/C24H40N4O8P4/c1-9-17-29-37(30-18-10-2)25-38(31-19-11-3,32-20-12-4)27-40(35-23-15-7,36-24-16-8)28-39(26-37,33-21-13-5)34-22-14-6/h9-16H,1-8,17-24H2. The van der Waals surface area contributed by atoms with Gasteiger partial charge in [-0.25, -0.2) is 0 Å². The zero-order chi connectivity index (χ0) is 29.8. The Labute approximate surface area is 238 Å². The minimum Gasteiger partial charge on any atom is -0.302 e. The van der Waals surface area contributed by atoms with Crippen molar-refractivity contribution in [2.75, 3.05) is 52.9 Å². The van der Waals surface area contributed by atoms with Gasteiger partial charge < -0.3 is 36.2 Å². The molecule has 0 aromatic heterocycles. The first-order chi connectivity index (χ1) is 19.3. The highest BCUT2D eigenvalue weighted by Crippen LogP contribution is 2.81. The smallest absolute Gasteiger partial charge is 0.302 e. The van der Waals surface area contributed by atoms with Gasteiger partial charge in [-0.2, -0.15) is 0 Å². The molecule has 0 aromatic rings. The topological polar surface area (TPSA) is 123 Å². The zero-order valence-corrected chi connectivity index (χ0v) is 26.4. The Balaban J connectivity index is 4.48. The van der Waals surface area contributed by atoms with E-state index in [1.807, 2.05) is 0 Å². The van der Waals surface area contributed by atoms with Crippen molar-refractivity contribution in [3.8, 4) is 0 Å². The Hall–Kier alpha value is -1.48. The van der Waals surface area contributed by atoms with Gasteiger partial charge in [-0.3, -0.25) is 0 Å². The van der Waals surface area contributed by atoms with Crippen molar-refractivity contribution in [2.45, 2.75) is 0 Å². The van der Waals surface area contributed by atoms with Gasteiger partial charge in [-0.1, -0.05) is 48.6 Å². The molecule has 16 heteroatoms. The Morgan fingerprint density at radius 3 is 0.525 bits per heavy atom. The summed E-state index contributed by atoms with van der Waals surface area (Å²) in [5.41, 5.74) is 0. The van der Waals surface area contributed by atoms with Crippen molar-refractivity contribution < 1.29 is 36.2 Å². The molecule has 40 heavy (non-hydrogen) atoms. The lowest BCUT2D eigenvalue weighted by molar-refractivity contribution is 0.254. The van der Waals surface area contributed by atoms with Crippen LogP contribution in [0, 0.1) is 0 Å². The molecule has 12 nitrogen and oxygen atoms in total. The first-order valence-corrected chi connectivity index (χ1v) is 18.0. The summed E-state index contributed by atoms with van der Waals surface area (Å²) in [5, 5.41) is 0. The SMILES string of the molecule is C=CCOP1(OCC=C)=NP(OCC=C)(OCC=C)=NP(OCC=C)(OCC=C)=NP(OCC=C)(OCC=C)=N1. The van der Waals surface area contributed by atoms with Gasteiger partial charge in [0.15, 0.2) is 0 Å². The minimum atomic E-state index is -3.76. The number of hydrogen-bond acceptors (Lipinski definition) is 12. The maximum Gasteiger partial charge on any atom is 0.349 e. The van der Waals surface area contributed by atoms with Crippen molar-refractivity contribution in [1.29, 1.82) is 0 Å². The molecule has 0 saturated carbocycles. The number of hydrogen-bond donors (Lipinski definition) is 0. The van der Waals surface area contributed by atoms with Gasteiger partial charge in [0.2, 0.25) is 0 Å². The summed E-state index contributed by atoms with van der Waals surface area (Å²) < 4.78 is 68.4. The maximum absolute atomic E-state index is 6.12. The first kappa shape index (κ1) is 36.5. The van der Waals surface area contributed by atoms with Crippen LogP contribution in [0.3, 0.4) is 0 Å². The van der Waals surface area contributed by atoms with Crippen LogP contribution in [0.1, 0.15) is 0 Å². The molecule has 0 bridgehead atoms. The van der Waals surface area contributed by atoms with E-state index in [9.17, 15) is 0 Å². The molecular weight excluding hydrogens is 596 g/mol. The van der Waals surface area contributed by atoms with Crippen molar-refractivity contribution >= 4 is 30.6 Å².